The highest BCUT2D eigenvalue weighted by atomic mass is 19.1. The van der Waals surface area contributed by atoms with Crippen LogP contribution in [0.3, 0.4) is 0 Å². The largest absolute Gasteiger partial charge is 0.494 e. The van der Waals surface area contributed by atoms with Crippen molar-refractivity contribution in [3.8, 4) is 5.75 Å². The number of piperazine rings is 1. The number of ether oxygens (including phenoxy) is 1. The molecule has 1 aliphatic heterocycles. The second-order valence-electron chi connectivity index (χ2n) is 7.01. The summed E-state index contributed by atoms with van der Waals surface area (Å²) in [5.41, 5.74) is 1.02. The van der Waals surface area contributed by atoms with Crippen molar-refractivity contribution >= 4 is 17.5 Å². The van der Waals surface area contributed by atoms with Gasteiger partial charge in [0.25, 0.3) is 5.91 Å². The fraction of sp³-hybridized carbons (Fsp3) is 0.333. The van der Waals surface area contributed by atoms with E-state index in [1.807, 2.05) is 0 Å². The molecule has 2 aromatic carbocycles. The molecule has 1 fully saturated rings. The Morgan fingerprint density at radius 3 is 2.55 bits per heavy atom. The van der Waals surface area contributed by atoms with Crippen molar-refractivity contribution < 1.29 is 28.0 Å². The number of carbonyl (C=O) groups is 2. The SMILES string of the molecule is COc1ccc(CC(=O)N2CC[NH+](CC(=O)Nc3cccc(F)c3)CC2)cc1F. The van der Waals surface area contributed by atoms with Crippen LogP contribution in [0.1, 0.15) is 5.56 Å². The highest BCUT2D eigenvalue weighted by Crippen LogP contribution is 2.18. The van der Waals surface area contributed by atoms with Gasteiger partial charge in [-0.15, -0.1) is 0 Å². The third kappa shape index (κ3) is 5.74. The van der Waals surface area contributed by atoms with Gasteiger partial charge in [-0.2, -0.15) is 0 Å². The van der Waals surface area contributed by atoms with E-state index in [2.05, 4.69) is 5.32 Å². The summed E-state index contributed by atoms with van der Waals surface area (Å²) in [5.74, 6) is -1.01. The molecular formula is C21H24F2N3O3+. The molecule has 2 amide bonds. The molecule has 0 aromatic heterocycles. The molecule has 0 aliphatic carbocycles. The number of amides is 2. The van der Waals surface area contributed by atoms with Crippen LogP contribution >= 0.6 is 0 Å². The molecule has 0 unspecified atom stereocenters. The first kappa shape index (κ1) is 20.7. The van der Waals surface area contributed by atoms with E-state index in [4.69, 9.17) is 4.74 Å². The summed E-state index contributed by atoms with van der Waals surface area (Å²) in [7, 11) is 1.39. The van der Waals surface area contributed by atoms with Gasteiger partial charge in [0, 0.05) is 5.69 Å². The molecule has 0 bridgehead atoms. The van der Waals surface area contributed by atoms with Gasteiger partial charge in [-0.25, -0.2) is 8.78 Å². The van der Waals surface area contributed by atoms with Crippen molar-refractivity contribution in [1.82, 2.24) is 4.90 Å². The van der Waals surface area contributed by atoms with Gasteiger partial charge in [0.05, 0.1) is 39.7 Å². The quantitative estimate of drug-likeness (QED) is 0.752. The Bertz CT molecular complexity index is 883. The molecule has 29 heavy (non-hydrogen) atoms. The van der Waals surface area contributed by atoms with Crippen molar-refractivity contribution in [2.45, 2.75) is 6.42 Å². The first-order chi connectivity index (χ1) is 13.9. The highest BCUT2D eigenvalue weighted by Gasteiger charge is 2.25. The van der Waals surface area contributed by atoms with Crippen LogP contribution in [-0.4, -0.2) is 56.5 Å². The molecule has 1 aliphatic rings. The van der Waals surface area contributed by atoms with Crippen molar-refractivity contribution in [2.75, 3.05) is 45.2 Å². The number of carbonyl (C=O) groups excluding carboxylic acids is 2. The average Bonchev–Trinajstić information content (AvgIpc) is 2.68. The molecule has 0 saturated carbocycles. The lowest BCUT2D eigenvalue weighted by Gasteiger charge is -2.32. The summed E-state index contributed by atoms with van der Waals surface area (Å²) in [6.45, 7) is 2.58. The third-order valence-corrected chi connectivity index (χ3v) is 4.91. The molecule has 0 atom stereocenters. The van der Waals surface area contributed by atoms with Crippen LogP contribution in [-0.2, 0) is 16.0 Å². The number of methoxy groups -OCH3 is 1. The van der Waals surface area contributed by atoms with Crippen molar-refractivity contribution in [3.63, 3.8) is 0 Å². The van der Waals surface area contributed by atoms with Crippen LogP contribution in [0.25, 0.3) is 0 Å². The van der Waals surface area contributed by atoms with E-state index >= 15 is 0 Å². The van der Waals surface area contributed by atoms with Gasteiger partial charge in [0.15, 0.2) is 18.1 Å². The fourth-order valence-corrected chi connectivity index (χ4v) is 3.35. The molecule has 8 heteroatoms. The minimum absolute atomic E-state index is 0.0715. The summed E-state index contributed by atoms with van der Waals surface area (Å²) in [6, 6.07) is 10.3. The molecule has 1 heterocycles. The molecule has 2 aromatic rings. The van der Waals surface area contributed by atoms with Crippen LogP contribution in [0.2, 0.25) is 0 Å². The van der Waals surface area contributed by atoms with Crippen molar-refractivity contribution in [1.29, 1.82) is 0 Å². The number of rotatable bonds is 6. The standard InChI is InChI=1S/C21H23F2N3O3/c1-29-19-6-5-15(11-18(19)23)12-21(28)26-9-7-25(8-10-26)14-20(27)24-17-4-2-3-16(22)13-17/h2-6,11,13H,7-10,12,14H2,1H3,(H,24,27)/p+1. The average molecular weight is 404 g/mol. The van der Waals surface area contributed by atoms with Gasteiger partial charge in [0.1, 0.15) is 5.82 Å². The Hall–Kier alpha value is -3.00. The number of nitrogens with zero attached hydrogens (tertiary/aromatic N) is 1. The van der Waals surface area contributed by atoms with E-state index in [1.54, 1.807) is 17.0 Å². The van der Waals surface area contributed by atoms with Crippen LogP contribution in [0.5, 0.6) is 5.75 Å². The normalized spacial score (nSPS) is 14.5. The second kappa shape index (κ2) is 9.47. The molecule has 1 saturated heterocycles. The summed E-state index contributed by atoms with van der Waals surface area (Å²) in [6.07, 6.45) is 0.121. The zero-order valence-corrected chi connectivity index (χ0v) is 16.2. The minimum atomic E-state index is -0.489. The van der Waals surface area contributed by atoms with Crippen molar-refractivity contribution in [2.24, 2.45) is 0 Å². The van der Waals surface area contributed by atoms with E-state index in [9.17, 15) is 18.4 Å². The number of hydrogen-bond donors (Lipinski definition) is 2. The molecule has 154 valence electrons. The Kier molecular flexibility index (Phi) is 6.77. The fourth-order valence-electron chi connectivity index (χ4n) is 3.35. The van der Waals surface area contributed by atoms with Gasteiger partial charge in [-0.1, -0.05) is 12.1 Å². The number of nitrogens with one attached hydrogen (secondary N) is 2. The van der Waals surface area contributed by atoms with E-state index in [-0.39, 0.29) is 30.5 Å². The minimum Gasteiger partial charge on any atom is -0.494 e. The van der Waals surface area contributed by atoms with E-state index < -0.39 is 11.6 Å². The lowest BCUT2D eigenvalue weighted by Crippen LogP contribution is -3.15. The van der Waals surface area contributed by atoms with Crippen LogP contribution in [0.15, 0.2) is 42.5 Å². The molecule has 2 N–H and O–H groups in total. The van der Waals surface area contributed by atoms with Gasteiger partial charge in [-0.05, 0) is 35.9 Å². The zero-order valence-electron chi connectivity index (χ0n) is 16.2. The Morgan fingerprint density at radius 1 is 1.14 bits per heavy atom. The Morgan fingerprint density at radius 2 is 1.90 bits per heavy atom. The monoisotopic (exact) mass is 404 g/mol. The second-order valence-corrected chi connectivity index (χ2v) is 7.01. The summed E-state index contributed by atoms with van der Waals surface area (Å²) in [4.78, 5) is 27.4. The van der Waals surface area contributed by atoms with E-state index in [1.165, 1.54) is 37.4 Å². The molecular weight excluding hydrogens is 380 g/mol. The topological polar surface area (TPSA) is 63.1 Å². The number of benzene rings is 2. The van der Waals surface area contributed by atoms with Gasteiger partial charge >= 0.3 is 0 Å². The molecule has 0 radical (unpaired) electrons. The maximum atomic E-state index is 13.8. The Labute approximate surface area is 168 Å². The van der Waals surface area contributed by atoms with Gasteiger partial charge in [-0.3, -0.25) is 9.59 Å². The Balaban J connectivity index is 1.45. The smallest absolute Gasteiger partial charge is 0.279 e. The summed E-state index contributed by atoms with van der Waals surface area (Å²) < 4.78 is 31.9. The first-order valence-corrected chi connectivity index (χ1v) is 9.44. The van der Waals surface area contributed by atoms with Crippen LogP contribution in [0, 0.1) is 11.6 Å². The maximum absolute atomic E-state index is 13.8. The molecule has 0 spiro atoms. The van der Waals surface area contributed by atoms with E-state index in [0.717, 1.165) is 4.90 Å². The lowest BCUT2D eigenvalue weighted by molar-refractivity contribution is -0.895. The maximum Gasteiger partial charge on any atom is 0.279 e. The van der Waals surface area contributed by atoms with Crippen molar-refractivity contribution in [3.05, 3.63) is 59.7 Å². The zero-order chi connectivity index (χ0) is 20.8. The molecule has 3 rings (SSSR count). The number of halogens is 2. The lowest BCUT2D eigenvalue weighted by atomic mass is 10.1. The number of quaternary nitrogens is 1. The predicted octanol–water partition coefficient (Wildman–Crippen LogP) is 0.882. The van der Waals surface area contributed by atoms with Gasteiger partial charge in [0.2, 0.25) is 5.91 Å². The summed E-state index contributed by atoms with van der Waals surface area (Å²) >= 11 is 0. The summed E-state index contributed by atoms with van der Waals surface area (Å²) in [5, 5.41) is 2.69. The highest BCUT2D eigenvalue weighted by molar-refractivity contribution is 5.91. The number of hydrogen-bond acceptors (Lipinski definition) is 3. The van der Waals surface area contributed by atoms with Crippen LogP contribution < -0.4 is 15.0 Å². The number of anilines is 1. The van der Waals surface area contributed by atoms with Crippen LogP contribution in [0.4, 0.5) is 14.5 Å². The first-order valence-electron chi connectivity index (χ1n) is 9.44. The third-order valence-electron chi connectivity index (χ3n) is 4.91. The van der Waals surface area contributed by atoms with Gasteiger partial charge < -0.3 is 19.9 Å². The predicted molar refractivity (Wildman–Crippen MR) is 104 cm³/mol. The van der Waals surface area contributed by atoms with E-state index in [0.29, 0.717) is 37.4 Å². The molecule has 6 nitrogen and oxygen atoms in total.